The summed E-state index contributed by atoms with van der Waals surface area (Å²) in [4.78, 5) is 10.6. The summed E-state index contributed by atoms with van der Waals surface area (Å²) < 4.78 is 32.0. The van der Waals surface area contributed by atoms with Crippen LogP contribution in [0.1, 0.15) is 10.4 Å². The van der Waals surface area contributed by atoms with E-state index in [0.717, 1.165) is 12.1 Å². The van der Waals surface area contributed by atoms with Crippen LogP contribution in [0, 0.1) is 0 Å². The number of methoxy groups -OCH3 is 2. The van der Waals surface area contributed by atoms with Crippen LogP contribution < -0.4 is 9.47 Å². The fourth-order valence-electron chi connectivity index (χ4n) is 1.24. The van der Waals surface area contributed by atoms with Gasteiger partial charge < -0.3 is 14.6 Å². The number of halogens is 1. The molecule has 0 unspecified atom stereocenters. The SMILES string of the molecule is COc1cc(S(=O)(=O)Cl)cc(C(=O)O)c1OC. The molecule has 0 aromatic heterocycles. The Morgan fingerprint density at radius 1 is 1.29 bits per heavy atom. The number of ether oxygens (including phenoxy) is 2. The monoisotopic (exact) mass is 280 g/mol. The summed E-state index contributed by atoms with van der Waals surface area (Å²) in [6.07, 6.45) is 0. The number of hydrogen-bond donors (Lipinski definition) is 1. The van der Waals surface area contributed by atoms with Crippen LogP contribution in [0.5, 0.6) is 11.5 Å². The van der Waals surface area contributed by atoms with Crippen LogP contribution in [0.2, 0.25) is 0 Å². The van der Waals surface area contributed by atoms with Gasteiger partial charge in [0.2, 0.25) is 0 Å². The minimum absolute atomic E-state index is 0.0216. The predicted octanol–water partition coefficient (Wildman–Crippen LogP) is 1.33. The molecule has 0 aliphatic carbocycles. The van der Waals surface area contributed by atoms with E-state index in [1.54, 1.807) is 0 Å². The number of hydrogen-bond acceptors (Lipinski definition) is 5. The van der Waals surface area contributed by atoms with Crippen molar-refractivity contribution >= 4 is 25.7 Å². The van der Waals surface area contributed by atoms with Crippen molar-refractivity contribution in [3.05, 3.63) is 17.7 Å². The topological polar surface area (TPSA) is 89.9 Å². The Labute approximate surface area is 102 Å². The second kappa shape index (κ2) is 4.80. The summed E-state index contributed by atoms with van der Waals surface area (Å²) in [5.41, 5.74) is -0.342. The summed E-state index contributed by atoms with van der Waals surface area (Å²) in [5, 5.41) is 8.93. The van der Waals surface area contributed by atoms with Crippen LogP contribution in [0.3, 0.4) is 0 Å². The van der Waals surface area contributed by atoms with Gasteiger partial charge in [-0.25, -0.2) is 13.2 Å². The van der Waals surface area contributed by atoms with Crippen LogP contribution in [-0.2, 0) is 9.05 Å². The molecule has 1 aromatic carbocycles. The molecular formula is C9H9ClO6S. The normalized spacial score (nSPS) is 11.0. The van der Waals surface area contributed by atoms with Crippen molar-refractivity contribution in [3.8, 4) is 11.5 Å². The molecule has 8 heteroatoms. The maximum Gasteiger partial charge on any atom is 0.339 e. The molecule has 0 radical (unpaired) electrons. The van der Waals surface area contributed by atoms with E-state index in [9.17, 15) is 13.2 Å². The summed E-state index contributed by atoms with van der Waals surface area (Å²) >= 11 is 0. The molecule has 0 aliphatic heterocycles. The summed E-state index contributed by atoms with van der Waals surface area (Å²) in [6.45, 7) is 0. The molecule has 0 heterocycles. The lowest BCUT2D eigenvalue weighted by atomic mass is 10.2. The molecule has 0 saturated heterocycles. The fraction of sp³-hybridized carbons (Fsp3) is 0.222. The molecular weight excluding hydrogens is 272 g/mol. The maximum absolute atomic E-state index is 11.2. The molecule has 0 fully saturated rings. The Hall–Kier alpha value is -1.47. The molecule has 0 bridgehead atoms. The van der Waals surface area contributed by atoms with Crippen LogP contribution >= 0.6 is 10.7 Å². The number of carboxylic acids is 1. The third-order valence-electron chi connectivity index (χ3n) is 1.96. The highest BCUT2D eigenvalue weighted by atomic mass is 35.7. The number of benzene rings is 1. The molecule has 0 spiro atoms. The van der Waals surface area contributed by atoms with Gasteiger partial charge in [0.25, 0.3) is 9.05 Å². The Morgan fingerprint density at radius 3 is 2.24 bits per heavy atom. The van der Waals surface area contributed by atoms with E-state index in [1.165, 1.54) is 14.2 Å². The van der Waals surface area contributed by atoms with Crippen LogP contribution in [0.25, 0.3) is 0 Å². The highest BCUT2D eigenvalue weighted by Gasteiger charge is 2.22. The zero-order valence-corrected chi connectivity index (χ0v) is 10.5. The molecule has 0 amide bonds. The van der Waals surface area contributed by atoms with Gasteiger partial charge in [-0.3, -0.25) is 0 Å². The second-order valence-corrected chi connectivity index (χ2v) is 5.52. The van der Waals surface area contributed by atoms with Crippen LogP contribution in [-0.4, -0.2) is 33.7 Å². The van der Waals surface area contributed by atoms with E-state index in [0.29, 0.717) is 0 Å². The van der Waals surface area contributed by atoms with Gasteiger partial charge in [-0.1, -0.05) is 0 Å². The molecule has 6 nitrogen and oxygen atoms in total. The molecule has 1 rings (SSSR count). The van der Waals surface area contributed by atoms with Crippen LogP contribution in [0.15, 0.2) is 17.0 Å². The highest BCUT2D eigenvalue weighted by molar-refractivity contribution is 8.13. The Bertz CT molecular complexity index is 551. The highest BCUT2D eigenvalue weighted by Crippen LogP contribution is 2.35. The zero-order chi connectivity index (χ0) is 13.2. The lowest BCUT2D eigenvalue weighted by Crippen LogP contribution is -2.05. The van der Waals surface area contributed by atoms with E-state index in [-0.39, 0.29) is 22.0 Å². The van der Waals surface area contributed by atoms with Crippen molar-refractivity contribution < 1.29 is 27.8 Å². The standard InChI is InChI=1S/C9H9ClO6S/c1-15-7-4-5(17(10,13)14)3-6(9(11)12)8(7)16-2/h3-4H,1-2H3,(H,11,12). The first-order valence-corrected chi connectivity index (χ1v) is 6.56. The molecule has 1 N–H and O–H groups in total. The van der Waals surface area contributed by atoms with Crippen molar-refractivity contribution in [3.63, 3.8) is 0 Å². The molecule has 94 valence electrons. The zero-order valence-electron chi connectivity index (χ0n) is 8.93. The van der Waals surface area contributed by atoms with Crippen molar-refractivity contribution in [1.29, 1.82) is 0 Å². The first kappa shape index (κ1) is 13.6. The summed E-state index contributed by atoms with van der Waals surface area (Å²) in [7, 11) is 3.61. The summed E-state index contributed by atoms with van der Waals surface area (Å²) in [5.74, 6) is -1.43. The lowest BCUT2D eigenvalue weighted by molar-refractivity contribution is 0.0692. The Balaban J connectivity index is 3.63. The van der Waals surface area contributed by atoms with Crippen molar-refractivity contribution in [1.82, 2.24) is 0 Å². The van der Waals surface area contributed by atoms with E-state index in [4.69, 9.17) is 25.3 Å². The van der Waals surface area contributed by atoms with Gasteiger partial charge in [0, 0.05) is 16.7 Å². The van der Waals surface area contributed by atoms with Gasteiger partial charge in [-0.15, -0.1) is 0 Å². The minimum Gasteiger partial charge on any atom is -0.493 e. The lowest BCUT2D eigenvalue weighted by Gasteiger charge is -2.11. The Kier molecular flexibility index (Phi) is 3.84. The average molecular weight is 281 g/mol. The molecule has 17 heavy (non-hydrogen) atoms. The van der Waals surface area contributed by atoms with E-state index < -0.39 is 15.0 Å². The summed E-state index contributed by atoms with van der Waals surface area (Å²) in [6, 6.07) is 2.00. The fourth-order valence-corrected chi connectivity index (χ4v) is 2.01. The van der Waals surface area contributed by atoms with Gasteiger partial charge >= 0.3 is 5.97 Å². The largest absolute Gasteiger partial charge is 0.493 e. The third-order valence-corrected chi connectivity index (χ3v) is 3.30. The smallest absolute Gasteiger partial charge is 0.339 e. The third kappa shape index (κ3) is 2.80. The molecule has 0 aliphatic rings. The first-order chi connectivity index (χ1) is 7.81. The van der Waals surface area contributed by atoms with Gasteiger partial charge in [0.15, 0.2) is 11.5 Å². The maximum atomic E-state index is 11.2. The molecule has 1 aromatic rings. The first-order valence-electron chi connectivity index (χ1n) is 4.25. The number of carboxylic acid groups (broad SMARTS) is 1. The Morgan fingerprint density at radius 2 is 1.88 bits per heavy atom. The molecule has 0 saturated carbocycles. The number of aromatic carboxylic acids is 1. The minimum atomic E-state index is -4.04. The predicted molar refractivity (Wildman–Crippen MR) is 59.5 cm³/mol. The van der Waals surface area contributed by atoms with Gasteiger partial charge in [0.05, 0.1) is 19.1 Å². The van der Waals surface area contributed by atoms with Gasteiger partial charge in [0.1, 0.15) is 5.56 Å². The average Bonchev–Trinajstić information content (AvgIpc) is 2.25. The molecule has 0 atom stereocenters. The number of rotatable bonds is 4. The van der Waals surface area contributed by atoms with Gasteiger partial charge in [-0.2, -0.15) is 0 Å². The van der Waals surface area contributed by atoms with Crippen LogP contribution in [0.4, 0.5) is 0 Å². The number of carbonyl (C=O) groups is 1. The van der Waals surface area contributed by atoms with Crippen molar-refractivity contribution in [2.75, 3.05) is 14.2 Å². The van der Waals surface area contributed by atoms with E-state index in [1.807, 2.05) is 0 Å². The van der Waals surface area contributed by atoms with E-state index in [2.05, 4.69) is 0 Å². The second-order valence-electron chi connectivity index (χ2n) is 2.95. The van der Waals surface area contributed by atoms with E-state index >= 15 is 0 Å². The van der Waals surface area contributed by atoms with Crippen molar-refractivity contribution in [2.45, 2.75) is 4.90 Å². The van der Waals surface area contributed by atoms with Gasteiger partial charge in [-0.05, 0) is 6.07 Å². The van der Waals surface area contributed by atoms with Crippen molar-refractivity contribution in [2.24, 2.45) is 0 Å². The quantitative estimate of drug-likeness (QED) is 0.837.